The number of nitrogens with one attached hydrogen (secondary N) is 1. The molecular weight excluding hydrogens is 292 g/mol. The lowest BCUT2D eigenvalue weighted by Crippen LogP contribution is -2.17. The van der Waals surface area contributed by atoms with E-state index in [4.69, 9.17) is 9.26 Å². The van der Waals surface area contributed by atoms with E-state index in [-0.39, 0.29) is 17.7 Å². The lowest BCUT2D eigenvalue weighted by atomic mass is 9.87. The number of amides is 1. The van der Waals surface area contributed by atoms with Crippen LogP contribution in [-0.4, -0.2) is 18.2 Å². The maximum atomic E-state index is 12.4. The van der Waals surface area contributed by atoms with E-state index in [0.717, 1.165) is 16.8 Å². The van der Waals surface area contributed by atoms with E-state index < -0.39 is 0 Å². The molecule has 0 saturated heterocycles. The van der Waals surface area contributed by atoms with Crippen molar-refractivity contribution in [3.63, 3.8) is 0 Å². The fourth-order valence-corrected chi connectivity index (χ4v) is 2.38. The molecular formula is C18H24N2O3. The van der Waals surface area contributed by atoms with E-state index in [0.29, 0.717) is 17.2 Å². The molecule has 2 rings (SSSR count). The average Bonchev–Trinajstić information content (AvgIpc) is 2.78. The molecule has 1 heterocycles. The van der Waals surface area contributed by atoms with Gasteiger partial charge < -0.3 is 14.6 Å². The molecule has 5 nitrogen and oxygen atoms in total. The Bertz CT molecular complexity index is 692. The monoisotopic (exact) mass is 316 g/mol. The Hall–Kier alpha value is -2.30. The number of carbonyl (C=O) groups excluding carboxylic acids is 1. The Morgan fingerprint density at radius 1 is 1.30 bits per heavy atom. The average molecular weight is 316 g/mol. The molecule has 1 aromatic heterocycles. The second-order valence-corrected chi connectivity index (χ2v) is 6.69. The van der Waals surface area contributed by atoms with E-state index >= 15 is 0 Å². The number of hydrogen-bond donors (Lipinski definition) is 1. The Morgan fingerprint density at radius 2 is 2.00 bits per heavy atom. The third-order valence-electron chi connectivity index (χ3n) is 3.86. The zero-order chi connectivity index (χ0) is 17.2. The summed E-state index contributed by atoms with van der Waals surface area (Å²) in [5.74, 6) is 1.20. The van der Waals surface area contributed by atoms with Gasteiger partial charge in [0.25, 0.3) is 0 Å². The first-order valence-corrected chi connectivity index (χ1v) is 7.62. The summed E-state index contributed by atoms with van der Waals surface area (Å²) in [6.45, 7) is 10.0. The number of rotatable bonds is 4. The topological polar surface area (TPSA) is 64.4 Å². The number of nitrogens with zero attached hydrogens (tertiary/aromatic N) is 1. The van der Waals surface area contributed by atoms with Crippen LogP contribution in [0.1, 0.15) is 43.4 Å². The molecule has 0 atom stereocenters. The zero-order valence-corrected chi connectivity index (χ0v) is 14.6. The van der Waals surface area contributed by atoms with Crippen molar-refractivity contribution in [2.24, 2.45) is 0 Å². The highest BCUT2D eigenvalue weighted by molar-refractivity contribution is 5.94. The normalized spacial score (nSPS) is 11.4. The summed E-state index contributed by atoms with van der Waals surface area (Å²) in [6.07, 6.45) is 0.226. The van der Waals surface area contributed by atoms with Gasteiger partial charge in [-0.25, -0.2) is 0 Å². The second kappa shape index (κ2) is 6.44. The van der Waals surface area contributed by atoms with Gasteiger partial charge in [0.1, 0.15) is 11.5 Å². The number of anilines is 1. The molecule has 0 radical (unpaired) electrons. The molecule has 5 heteroatoms. The summed E-state index contributed by atoms with van der Waals surface area (Å²) in [5, 5.41) is 6.81. The predicted octanol–water partition coefficient (Wildman–Crippen LogP) is 3.78. The van der Waals surface area contributed by atoms with Crippen molar-refractivity contribution in [1.82, 2.24) is 5.16 Å². The van der Waals surface area contributed by atoms with E-state index in [2.05, 4.69) is 31.2 Å². The number of benzene rings is 1. The minimum atomic E-state index is -0.122. The van der Waals surface area contributed by atoms with E-state index in [1.165, 1.54) is 0 Å². The van der Waals surface area contributed by atoms with Crippen molar-refractivity contribution < 1.29 is 14.1 Å². The summed E-state index contributed by atoms with van der Waals surface area (Å²) in [5.41, 5.74) is 3.37. The summed E-state index contributed by atoms with van der Waals surface area (Å²) in [7, 11) is 1.59. The van der Waals surface area contributed by atoms with Gasteiger partial charge in [-0.15, -0.1) is 0 Å². The first-order chi connectivity index (χ1) is 10.7. The molecule has 0 saturated carbocycles. The van der Waals surface area contributed by atoms with Gasteiger partial charge in [0.2, 0.25) is 5.91 Å². The van der Waals surface area contributed by atoms with Gasteiger partial charge in [0.15, 0.2) is 0 Å². The molecule has 0 aliphatic carbocycles. The number of aromatic nitrogens is 1. The van der Waals surface area contributed by atoms with Crippen LogP contribution >= 0.6 is 0 Å². The molecule has 0 unspecified atom stereocenters. The van der Waals surface area contributed by atoms with Gasteiger partial charge in [-0.05, 0) is 37.0 Å². The van der Waals surface area contributed by atoms with Gasteiger partial charge in [-0.3, -0.25) is 4.79 Å². The molecule has 124 valence electrons. The van der Waals surface area contributed by atoms with Gasteiger partial charge in [0.05, 0.1) is 24.9 Å². The maximum absolute atomic E-state index is 12.4. The highest BCUT2D eigenvalue weighted by Crippen LogP contribution is 2.31. The van der Waals surface area contributed by atoms with Crippen LogP contribution in [-0.2, 0) is 16.6 Å². The quantitative estimate of drug-likeness (QED) is 0.932. The summed E-state index contributed by atoms with van der Waals surface area (Å²) >= 11 is 0. The van der Waals surface area contributed by atoms with Crippen LogP contribution in [0.4, 0.5) is 5.69 Å². The minimum Gasteiger partial charge on any atom is -0.495 e. The molecule has 0 aliphatic rings. The number of hydrogen-bond acceptors (Lipinski definition) is 4. The molecule has 2 aromatic rings. The van der Waals surface area contributed by atoms with Gasteiger partial charge >= 0.3 is 0 Å². The highest BCUT2D eigenvalue weighted by atomic mass is 16.5. The summed E-state index contributed by atoms with van der Waals surface area (Å²) < 4.78 is 10.5. The number of aryl methyl sites for hydroxylation is 2. The smallest absolute Gasteiger partial charge is 0.229 e. The van der Waals surface area contributed by atoms with Crippen LogP contribution in [0.25, 0.3) is 0 Å². The van der Waals surface area contributed by atoms with Crippen LogP contribution in [0, 0.1) is 13.8 Å². The zero-order valence-electron chi connectivity index (χ0n) is 14.6. The highest BCUT2D eigenvalue weighted by Gasteiger charge is 2.18. The van der Waals surface area contributed by atoms with Crippen LogP contribution in [0.2, 0.25) is 0 Å². The largest absolute Gasteiger partial charge is 0.495 e. The lowest BCUT2D eigenvalue weighted by molar-refractivity contribution is -0.115. The van der Waals surface area contributed by atoms with E-state index in [9.17, 15) is 4.79 Å². The molecule has 0 bridgehead atoms. The molecule has 0 spiro atoms. The van der Waals surface area contributed by atoms with Crippen molar-refractivity contribution in [1.29, 1.82) is 0 Å². The SMILES string of the molecule is COc1ccc(C(C)(C)C)cc1NC(=O)Cc1c(C)noc1C. The van der Waals surface area contributed by atoms with E-state index in [1.807, 2.05) is 32.0 Å². The standard InChI is InChI=1S/C18H24N2O3/c1-11-14(12(2)23-20-11)10-17(21)19-15-9-13(18(3,4)5)7-8-16(15)22-6/h7-9H,10H2,1-6H3,(H,19,21). The molecule has 1 amide bonds. The van der Waals surface area contributed by atoms with Crippen molar-refractivity contribution in [3.8, 4) is 5.75 Å². The molecule has 23 heavy (non-hydrogen) atoms. The minimum absolute atomic E-state index is 0.00654. The first-order valence-electron chi connectivity index (χ1n) is 7.62. The fourth-order valence-electron chi connectivity index (χ4n) is 2.38. The van der Waals surface area contributed by atoms with Crippen molar-refractivity contribution in [3.05, 3.63) is 40.8 Å². The van der Waals surface area contributed by atoms with Gasteiger partial charge in [-0.1, -0.05) is 32.0 Å². The van der Waals surface area contributed by atoms with Crippen LogP contribution in [0.15, 0.2) is 22.7 Å². The Kier molecular flexibility index (Phi) is 4.78. The summed E-state index contributed by atoms with van der Waals surface area (Å²) in [4.78, 5) is 12.4. The fraction of sp³-hybridized carbons (Fsp3) is 0.444. The van der Waals surface area contributed by atoms with Gasteiger partial charge in [0, 0.05) is 5.56 Å². The van der Waals surface area contributed by atoms with Crippen molar-refractivity contribution >= 4 is 11.6 Å². The summed E-state index contributed by atoms with van der Waals surface area (Å²) in [6, 6.07) is 5.86. The lowest BCUT2D eigenvalue weighted by Gasteiger charge is -2.21. The van der Waals surface area contributed by atoms with Crippen molar-refractivity contribution in [2.75, 3.05) is 12.4 Å². The van der Waals surface area contributed by atoms with Gasteiger partial charge in [-0.2, -0.15) is 0 Å². The number of methoxy groups -OCH3 is 1. The van der Waals surface area contributed by atoms with Crippen LogP contribution in [0.3, 0.4) is 0 Å². The molecule has 1 aromatic carbocycles. The molecule has 0 fully saturated rings. The Morgan fingerprint density at radius 3 is 2.52 bits per heavy atom. The second-order valence-electron chi connectivity index (χ2n) is 6.69. The van der Waals surface area contributed by atoms with Crippen molar-refractivity contribution in [2.45, 2.75) is 46.5 Å². The first kappa shape index (κ1) is 17.1. The maximum Gasteiger partial charge on any atom is 0.229 e. The van der Waals surface area contributed by atoms with Crippen LogP contribution < -0.4 is 10.1 Å². The predicted molar refractivity (Wildman–Crippen MR) is 90.0 cm³/mol. The number of ether oxygens (including phenoxy) is 1. The third-order valence-corrected chi connectivity index (χ3v) is 3.86. The van der Waals surface area contributed by atoms with Crippen LogP contribution in [0.5, 0.6) is 5.75 Å². The van der Waals surface area contributed by atoms with E-state index in [1.54, 1.807) is 7.11 Å². The third kappa shape index (κ3) is 3.92. The Balaban J connectivity index is 2.23. The number of carbonyl (C=O) groups is 1. The molecule has 0 aliphatic heterocycles. The molecule has 1 N–H and O–H groups in total. The Labute approximate surface area is 137 Å².